The zero-order valence-corrected chi connectivity index (χ0v) is 27.4. The van der Waals surface area contributed by atoms with Gasteiger partial charge in [0.05, 0.1) is 22.1 Å². The minimum Gasteiger partial charge on any atom is -0.309 e. The van der Waals surface area contributed by atoms with Crippen molar-refractivity contribution < 1.29 is 0 Å². The molecule has 2 aromatic heterocycles. The summed E-state index contributed by atoms with van der Waals surface area (Å²) >= 11 is 0. The average molecular weight is 637 g/mol. The first-order chi connectivity index (χ1) is 24.8. The molecule has 0 aliphatic rings. The van der Waals surface area contributed by atoms with Crippen LogP contribution in [0, 0.1) is 0 Å². The number of para-hydroxylation sites is 2. The first-order valence-electron chi connectivity index (χ1n) is 17.2. The third-order valence-corrected chi connectivity index (χ3v) is 10.1. The van der Waals surface area contributed by atoms with Gasteiger partial charge in [0.2, 0.25) is 0 Å². The number of aromatic nitrogens is 2. The smallest absolute Gasteiger partial charge is 0.0562 e. The van der Waals surface area contributed by atoms with Crippen molar-refractivity contribution in [3.63, 3.8) is 0 Å². The van der Waals surface area contributed by atoms with Crippen LogP contribution in [0.15, 0.2) is 194 Å². The normalized spacial score (nSPS) is 11.6. The summed E-state index contributed by atoms with van der Waals surface area (Å²) in [5.74, 6) is 0. The Morgan fingerprint density at radius 3 is 1.32 bits per heavy atom. The predicted molar refractivity (Wildman–Crippen MR) is 211 cm³/mol. The van der Waals surface area contributed by atoms with Gasteiger partial charge in [-0.1, -0.05) is 140 Å². The monoisotopic (exact) mass is 636 g/mol. The Morgan fingerprint density at radius 2 is 0.660 bits per heavy atom. The molecule has 0 amide bonds. The molecule has 234 valence electrons. The highest BCUT2D eigenvalue weighted by atomic mass is 15.0. The van der Waals surface area contributed by atoms with Crippen LogP contribution in [0.4, 0.5) is 0 Å². The van der Waals surface area contributed by atoms with Crippen LogP contribution in [0.2, 0.25) is 0 Å². The van der Waals surface area contributed by atoms with Crippen LogP contribution in [0.3, 0.4) is 0 Å². The highest BCUT2D eigenvalue weighted by Gasteiger charge is 2.19. The lowest BCUT2D eigenvalue weighted by atomic mass is 9.99. The lowest BCUT2D eigenvalue weighted by Crippen LogP contribution is -1.96. The molecule has 0 atom stereocenters. The van der Waals surface area contributed by atoms with E-state index in [0.717, 1.165) is 11.4 Å². The first kappa shape index (κ1) is 28.4. The molecule has 8 aromatic carbocycles. The molecule has 0 spiro atoms. The van der Waals surface area contributed by atoms with Crippen molar-refractivity contribution in [3.8, 4) is 44.8 Å². The molecule has 0 saturated heterocycles. The van der Waals surface area contributed by atoms with Crippen LogP contribution in [0.5, 0.6) is 0 Å². The van der Waals surface area contributed by atoms with E-state index in [4.69, 9.17) is 0 Å². The van der Waals surface area contributed by atoms with E-state index in [1.165, 1.54) is 77.0 Å². The van der Waals surface area contributed by atoms with Gasteiger partial charge in [-0.25, -0.2) is 0 Å². The van der Waals surface area contributed by atoms with E-state index in [0.29, 0.717) is 0 Å². The maximum Gasteiger partial charge on any atom is 0.0562 e. The van der Waals surface area contributed by atoms with E-state index in [-0.39, 0.29) is 0 Å². The van der Waals surface area contributed by atoms with Gasteiger partial charge in [-0.3, -0.25) is 0 Å². The van der Waals surface area contributed by atoms with Crippen molar-refractivity contribution in [2.45, 2.75) is 0 Å². The molecular formula is C48H32N2. The number of benzene rings is 8. The van der Waals surface area contributed by atoms with E-state index in [1.807, 2.05) is 0 Å². The van der Waals surface area contributed by atoms with Gasteiger partial charge < -0.3 is 9.13 Å². The summed E-state index contributed by atoms with van der Waals surface area (Å²) in [7, 11) is 0. The Bertz CT molecular complexity index is 2820. The fraction of sp³-hybridized carbons (Fsp3) is 0. The van der Waals surface area contributed by atoms with Crippen molar-refractivity contribution in [3.05, 3.63) is 194 Å². The SMILES string of the molecule is c1ccc(-c2cccc(-c3ccc(-n4c5ccccc5c5cc6c7ccc(-c8ccccc8)cc7n(-c7ccccc7)c6cc54)cc3)c2)cc1. The topological polar surface area (TPSA) is 9.86 Å². The molecule has 0 bridgehead atoms. The maximum absolute atomic E-state index is 2.43. The predicted octanol–water partition coefficient (Wildman–Crippen LogP) is 12.9. The van der Waals surface area contributed by atoms with Crippen molar-refractivity contribution in [1.82, 2.24) is 9.13 Å². The Labute approximate surface area is 290 Å². The van der Waals surface area contributed by atoms with Gasteiger partial charge >= 0.3 is 0 Å². The summed E-state index contributed by atoms with van der Waals surface area (Å²) < 4.78 is 4.86. The van der Waals surface area contributed by atoms with Crippen LogP contribution in [-0.4, -0.2) is 9.13 Å². The van der Waals surface area contributed by atoms with Crippen LogP contribution in [0.1, 0.15) is 0 Å². The van der Waals surface area contributed by atoms with Crippen molar-refractivity contribution >= 4 is 43.6 Å². The summed E-state index contributed by atoms with van der Waals surface area (Å²) in [5, 5.41) is 5.02. The number of fused-ring (bicyclic) bond motifs is 6. The van der Waals surface area contributed by atoms with Gasteiger partial charge in [-0.15, -0.1) is 0 Å². The molecule has 2 heterocycles. The third kappa shape index (κ3) is 4.57. The van der Waals surface area contributed by atoms with Crippen molar-refractivity contribution in [2.75, 3.05) is 0 Å². The average Bonchev–Trinajstić information content (AvgIpc) is 3.69. The zero-order valence-electron chi connectivity index (χ0n) is 27.4. The van der Waals surface area contributed by atoms with Crippen molar-refractivity contribution in [1.29, 1.82) is 0 Å². The second-order valence-electron chi connectivity index (χ2n) is 13.0. The van der Waals surface area contributed by atoms with E-state index in [2.05, 4.69) is 203 Å². The van der Waals surface area contributed by atoms with E-state index in [9.17, 15) is 0 Å². The summed E-state index contributed by atoms with van der Waals surface area (Å²) in [5.41, 5.74) is 14.4. The lowest BCUT2D eigenvalue weighted by Gasteiger charge is -2.11. The molecule has 0 fully saturated rings. The lowest BCUT2D eigenvalue weighted by molar-refractivity contribution is 1.16. The summed E-state index contributed by atoms with van der Waals surface area (Å²) in [6, 6.07) is 70.4. The molecule has 0 aliphatic carbocycles. The number of hydrogen-bond acceptors (Lipinski definition) is 0. The van der Waals surface area contributed by atoms with Gasteiger partial charge in [-0.2, -0.15) is 0 Å². The number of nitrogens with zero attached hydrogens (tertiary/aromatic N) is 2. The molecule has 0 aliphatic heterocycles. The Balaban J connectivity index is 1.18. The highest BCUT2D eigenvalue weighted by molar-refractivity contribution is 6.19. The van der Waals surface area contributed by atoms with Crippen LogP contribution in [-0.2, 0) is 0 Å². The van der Waals surface area contributed by atoms with Gasteiger partial charge in [0.15, 0.2) is 0 Å². The fourth-order valence-corrected chi connectivity index (χ4v) is 7.73. The molecule has 0 unspecified atom stereocenters. The Kier molecular flexibility index (Phi) is 6.53. The maximum atomic E-state index is 2.43. The van der Waals surface area contributed by atoms with Gasteiger partial charge in [0.25, 0.3) is 0 Å². The summed E-state index contributed by atoms with van der Waals surface area (Å²) in [6.45, 7) is 0. The molecule has 0 radical (unpaired) electrons. The minimum absolute atomic E-state index is 1.15. The fourth-order valence-electron chi connectivity index (χ4n) is 7.73. The number of rotatable bonds is 5. The molecular weight excluding hydrogens is 605 g/mol. The molecule has 2 nitrogen and oxygen atoms in total. The third-order valence-electron chi connectivity index (χ3n) is 10.1. The standard InChI is InChI=1S/C48H32N2/c1-4-13-33(14-5-1)36-17-12-18-37(29-36)35-23-26-40(27-24-35)49-45-22-11-10-21-41(45)43-31-44-42-28-25-38(34-15-6-2-7-16-34)30-46(42)50(48(44)32-47(43)49)39-19-8-3-9-20-39/h1-32H. The number of hydrogen-bond donors (Lipinski definition) is 0. The van der Waals surface area contributed by atoms with E-state index < -0.39 is 0 Å². The first-order valence-corrected chi connectivity index (χ1v) is 17.2. The minimum atomic E-state index is 1.15. The van der Waals surface area contributed by atoms with Crippen LogP contribution >= 0.6 is 0 Å². The van der Waals surface area contributed by atoms with E-state index >= 15 is 0 Å². The van der Waals surface area contributed by atoms with Gasteiger partial charge in [0.1, 0.15) is 0 Å². The Morgan fingerprint density at radius 1 is 0.220 bits per heavy atom. The Hall–Kier alpha value is -6.64. The largest absolute Gasteiger partial charge is 0.309 e. The quantitative estimate of drug-likeness (QED) is 0.178. The van der Waals surface area contributed by atoms with E-state index in [1.54, 1.807) is 0 Å². The second kappa shape index (κ2) is 11.5. The highest BCUT2D eigenvalue weighted by Crippen LogP contribution is 2.41. The second-order valence-corrected chi connectivity index (χ2v) is 13.0. The molecule has 0 N–H and O–H groups in total. The van der Waals surface area contributed by atoms with Crippen molar-refractivity contribution in [2.24, 2.45) is 0 Å². The zero-order chi connectivity index (χ0) is 33.0. The molecule has 10 aromatic rings. The van der Waals surface area contributed by atoms with Gasteiger partial charge in [0, 0.05) is 32.9 Å². The van der Waals surface area contributed by atoms with Gasteiger partial charge in [-0.05, 0) is 88.0 Å². The molecule has 0 saturated carbocycles. The molecule has 50 heavy (non-hydrogen) atoms. The summed E-state index contributed by atoms with van der Waals surface area (Å²) in [6.07, 6.45) is 0. The molecule has 10 rings (SSSR count). The summed E-state index contributed by atoms with van der Waals surface area (Å²) in [4.78, 5) is 0. The van der Waals surface area contributed by atoms with Crippen LogP contribution in [0.25, 0.3) is 88.4 Å². The molecule has 2 heteroatoms. The van der Waals surface area contributed by atoms with Crippen LogP contribution < -0.4 is 0 Å².